The Morgan fingerprint density at radius 3 is 2.92 bits per heavy atom. The summed E-state index contributed by atoms with van der Waals surface area (Å²) in [6, 6.07) is 0. The molecule has 0 aromatic carbocycles. The molecule has 2 heterocycles. The summed E-state index contributed by atoms with van der Waals surface area (Å²) in [5.41, 5.74) is 1.50. The summed E-state index contributed by atoms with van der Waals surface area (Å²) >= 11 is 0. The van der Waals surface area contributed by atoms with Crippen LogP contribution in [-0.2, 0) is 11.2 Å². The van der Waals surface area contributed by atoms with Gasteiger partial charge in [-0.05, 0) is 6.92 Å². The van der Waals surface area contributed by atoms with Crippen LogP contribution in [0.3, 0.4) is 0 Å². The summed E-state index contributed by atoms with van der Waals surface area (Å²) in [7, 11) is 1.77. The molecule has 5 heteroatoms. The molecule has 2 N–H and O–H groups in total. The first-order valence-electron chi connectivity index (χ1n) is 4.06. The zero-order chi connectivity index (χ0) is 9.42. The molecule has 1 aromatic rings. The van der Waals surface area contributed by atoms with Crippen LogP contribution in [0.1, 0.15) is 11.5 Å². The van der Waals surface area contributed by atoms with E-state index >= 15 is 0 Å². The van der Waals surface area contributed by atoms with Crippen LogP contribution in [0.2, 0.25) is 0 Å². The number of hydrogen-bond donors (Lipinski definition) is 2. The lowest BCUT2D eigenvalue weighted by Crippen LogP contribution is -2.05. The average molecular weight is 178 g/mol. The molecule has 0 saturated carbocycles. The molecule has 1 aliphatic rings. The molecule has 1 aromatic heterocycles. The van der Waals surface area contributed by atoms with Crippen molar-refractivity contribution >= 4 is 17.4 Å². The van der Waals surface area contributed by atoms with Crippen molar-refractivity contribution in [2.75, 3.05) is 17.7 Å². The Morgan fingerprint density at radius 1 is 1.46 bits per heavy atom. The van der Waals surface area contributed by atoms with Gasteiger partial charge in [0.1, 0.15) is 11.5 Å². The van der Waals surface area contributed by atoms with E-state index in [1.54, 1.807) is 7.05 Å². The largest absolute Gasteiger partial charge is 0.371 e. The molecule has 0 saturated heterocycles. The second kappa shape index (κ2) is 2.69. The minimum absolute atomic E-state index is 0.0219. The van der Waals surface area contributed by atoms with Crippen LogP contribution in [0.15, 0.2) is 0 Å². The van der Waals surface area contributed by atoms with E-state index in [4.69, 9.17) is 0 Å². The first-order chi connectivity index (χ1) is 6.20. The number of aryl methyl sites for hydroxylation is 1. The van der Waals surface area contributed by atoms with Gasteiger partial charge in [-0.2, -0.15) is 0 Å². The Bertz CT molecular complexity index is 375. The van der Waals surface area contributed by atoms with Crippen LogP contribution in [0.5, 0.6) is 0 Å². The standard InChI is InChI=1S/C8H10N4O/c1-4-10-5-3-6(13)12-7(5)8(9-2)11-4/h3H2,1-2H3,(H,12,13)(H,9,10,11). The van der Waals surface area contributed by atoms with Crippen molar-refractivity contribution in [1.29, 1.82) is 0 Å². The van der Waals surface area contributed by atoms with Crippen LogP contribution in [0.4, 0.5) is 11.5 Å². The highest BCUT2D eigenvalue weighted by Gasteiger charge is 2.23. The molecule has 0 unspecified atom stereocenters. The fourth-order valence-corrected chi connectivity index (χ4v) is 1.41. The number of nitrogens with zero attached hydrogens (tertiary/aromatic N) is 2. The first kappa shape index (κ1) is 7.97. The molecule has 0 atom stereocenters. The highest BCUT2D eigenvalue weighted by atomic mass is 16.1. The molecule has 1 amide bonds. The lowest BCUT2D eigenvalue weighted by molar-refractivity contribution is -0.115. The van der Waals surface area contributed by atoms with Crippen LogP contribution in [0.25, 0.3) is 0 Å². The third-order valence-electron chi connectivity index (χ3n) is 1.92. The van der Waals surface area contributed by atoms with Crippen molar-refractivity contribution in [2.24, 2.45) is 0 Å². The smallest absolute Gasteiger partial charge is 0.230 e. The fourth-order valence-electron chi connectivity index (χ4n) is 1.41. The molecule has 5 nitrogen and oxygen atoms in total. The van der Waals surface area contributed by atoms with Crippen LogP contribution < -0.4 is 10.6 Å². The van der Waals surface area contributed by atoms with Crippen molar-refractivity contribution in [3.63, 3.8) is 0 Å². The fraction of sp³-hybridized carbons (Fsp3) is 0.375. The average Bonchev–Trinajstić information content (AvgIpc) is 2.43. The topological polar surface area (TPSA) is 66.9 Å². The Labute approximate surface area is 75.6 Å². The van der Waals surface area contributed by atoms with E-state index in [-0.39, 0.29) is 5.91 Å². The molecular weight excluding hydrogens is 168 g/mol. The van der Waals surface area contributed by atoms with Crippen molar-refractivity contribution in [2.45, 2.75) is 13.3 Å². The Kier molecular flexibility index (Phi) is 1.65. The normalized spacial score (nSPS) is 13.8. The lowest BCUT2D eigenvalue weighted by atomic mass is 10.3. The van der Waals surface area contributed by atoms with Crippen molar-refractivity contribution in [3.05, 3.63) is 11.5 Å². The minimum atomic E-state index is -0.0219. The van der Waals surface area contributed by atoms with Crippen molar-refractivity contribution in [3.8, 4) is 0 Å². The highest BCUT2D eigenvalue weighted by molar-refractivity contribution is 6.01. The number of amides is 1. The van der Waals surface area contributed by atoms with Crippen molar-refractivity contribution in [1.82, 2.24) is 9.97 Å². The molecule has 1 aliphatic heterocycles. The molecular formula is C8H10N4O. The number of carbonyl (C=O) groups excluding carboxylic acids is 1. The van der Waals surface area contributed by atoms with Gasteiger partial charge in [0.25, 0.3) is 0 Å². The third-order valence-corrected chi connectivity index (χ3v) is 1.92. The van der Waals surface area contributed by atoms with Gasteiger partial charge in [-0.1, -0.05) is 0 Å². The maximum Gasteiger partial charge on any atom is 0.230 e. The Hall–Kier alpha value is -1.65. The molecule has 0 aliphatic carbocycles. The maximum absolute atomic E-state index is 11.1. The number of hydrogen-bond acceptors (Lipinski definition) is 4. The molecule has 2 rings (SSSR count). The van der Waals surface area contributed by atoms with E-state index in [2.05, 4.69) is 20.6 Å². The van der Waals surface area contributed by atoms with Gasteiger partial charge in [-0.25, -0.2) is 9.97 Å². The van der Waals surface area contributed by atoms with Crippen molar-refractivity contribution < 1.29 is 4.79 Å². The van der Waals surface area contributed by atoms with Gasteiger partial charge in [-0.3, -0.25) is 4.79 Å². The first-order valence-corrected chi connectivity index (χ1v) is 4.06. The zero-order valence-corrected chi connectivity index (χ0v) is 7.51. The molecule has 13 heavy (non-hydrogen) atoms. The second-order valence-electron chi connectivity index (χ2n) is 2.92. The quantitative estimate of drug-likeness (QED) is 0.650. The summed E-state index contributed by atoms with van der Waals surface area (Å²) in [6.07, 6.45) is 0.355. The maximum atomic E-state index is 11.1. The Balaban J connectivity index is 2.56. The molecule has 0 radical (unpaired) electrons. The van der Waals surface area contributed by atoms with E-state index in [1.807, 2.05) is 6.92 Å². The number of anilines is 2. The number of nitrogens with one attached hydrogen (secondary N) is 2. The summed E-state index contributed by atoms with van der Waals surface area (Å²) in [5.74, 6) is 1.35. The summed E-state index contributed by atoms with van der Waals surface area (Å²) < 4.78 is 0. The van der Waals surface area contributed by atoms with E-state index in [1.165, 1.54) is 0 Å². The number of aromatic nitrogens is 2. The van der Waals surface area contributed by atoms with Crippen LogP contribution >= 0.6 is 0 Å². The molecule has 0 bridgehead atoms. The van der Waals surface area contributed by atoms with Crippen LogP contribution in [0, 0.1) is 6.92 Å². The van der Waals surface area contributed by atoms with E-state index in [0.29, 0.717) is 18.1 Å². The van der Waals surface area contributed by atoms with E-state index in [9.17, 15) is 4.79 Å². The molecule has 68 valence electrons. The monoisotopic (exact) mass is 178 g/mol. The third kappa shape index (κ3) is 1.22. The number of rotatable bonds is 1. The highest BCUT2D eigenvalue weighted by Crippen LogP contribution is 2.27. The SMILES string of the molecule is CNc1nc(C)nc2c1NC(=O)C2. The predicted molar refractivity (Wildman–Crippen MR) is 48.6 cm³/mol. The van der Waals surface area contributed by atoms with Gasteiger partial charge in [0, 0.05) is 7.05 Å². The Morgan fingerprint density at radius 2 is 2.23 bits per heavy atom. The van der Waals surface area contributed by atoms with Crippen LogP contribution in [-0.4, -0.2) is 22.9 Å². The number of fused-ring (bicyclic) bond motifs is 1. The second-order valence-corrected chi connectivity index (χ2v) is 2.92. The van der Waals surface area contributed by atoms with Gasteiger partial charge in [0.05, 0.1) is 12.1 Å². The van der Waals surface area contributed by atoms with Gasteiger partial charge < -0.3 is 10.6 Å². The van der Waals surface area contributed by atoms with Gasteiger partial charge in [0.2, 0.25) is 5.91 Å². The van der Waals surface area contributed by atoms with E-state index in [0.717, 1.165) is 11.4 Å². The van der Waals surface area contributed by atoms with Gasteiger partial charge in [-0.15, -0.1) is 0 Å². The molecule has 0 spiro atoms. The van der Waals surface area contributed by atoms with Gasteiger partial charge >= 0.3 is 0 Å². The van der Waals surface area contributed by atoms with Gasteiger partial charge in [0.15, 0.2) is 5.82 Å². The minimum Gasteiger partial charge on any atom is -0.371 e. The summed E-state index contributed by atoms with van der Waals surface area (Å²) in [5, 5.41) is 5.64. The lowest BCUT2D eigenvalue weighted by Gasteiger charge is -2.05. The zero-order valence-electron chi connectivity index (χ0n) is 7.51. The summed E-state index contributed by atoms with van der Waals surface area (Å²) in [4.78, 5) is 19.4. The number of carbonyl (C=O) groups is 1. The molecule has 0 fully saturated rings. The predicted octanol–water partition coefficient (Wildman–Crippen LogP) is 0.321. The summed E-state index contributed by atoms with van der Waals surface area (Å²) in [6.45, 7) is 1.81. The van der Waals surface area contributed by atoms with E-state index < -0.39 is 0 Å².